The fraction of sp³-hybridized carbons (Fsp3) is 0.222. The second-order valence-electron chi connectivity index (χ2n) is 8.51. The highest BCUT2D eigenvalue weighted by molar-refractivity contribution is 5.90. The van der Waals surface area contributed by atoms with E-state index in [0.717, 1.165) is 40.7 Å². The van der Waals surface area contributed by atoms with Crippen LogP contribution in [0.3, 0.4) is 0 Å². The van der Waals surface area contributed by atoms with E-state index in [1.54, 1.807) is 6.20 Å². The first-order valence-corrected chi connectivity index (χ1v) is 11.2. The summed E-state index contributed by atoms with van der Waals surface area (Å²) in [6.45, 7) is 3.49. The molecule has 6 heteroatoms. The van der Waals surface area contributed by atoms with Crippen LogP contribution in [0.25, 0.3) is 22.0 Å². The van der Waals surface area contributed by atoms with Crippen molar-refractivity contribution in [2.45, 2.75) is 32.4 Å². The summed E-state index contributed by atoms with van der Waals surface area (Å²) in [6.07, 6.45) is 5.23. The van der Waals surface area contributed by atoms with Gasteiger partial charge in [0.15, 0.2) is 5.82 Å². The minimum atomic E-state index is -0.745. The number of rotatable bonds is 6. The number of carboxylic acid groups (broad SMARTS) is 1. The smallest absolute Gasteiger partial charge is 0.320 e. The van der Waals surface area contributed by atoms with Gasteiger partial charge in [-0.05, 0) is 66.8 Å². The predicted octanol–water partition coefficient (Wildman–Crippen LogP) is 5.40. The zero-order chi connectivity index (χ0) is 22.8. The number of pyridine rings is 2. The van der Waals surface area contributed by atoms with E-state index in [-0.39, 0.29) is 0 Å². The number of anilines is 2. The Morgan fingerprint density at radius 3 is 2.79 bits per heavy atom. The summed E-state index contributed by atoms with van der Waals surface area (Å²) < 4.78 is 0. The van der Waals surface area contributed by atoms with Crippen molar-refractivity contribution in [3.63, 3.8) is 0 Å². The number of nitrogens with one attached hydrogen (secondary N) is 1. The van der Waals surface area contributed by atoms with Crippen LogP contribution in [0.15, 0.2) is 73.1 Å². The number of carbonyl (C=O) groups is 1. The van der Waals surface area contributed by atoms with Gasteiger partial charge in [-0.15, -0.1) is 0 Å². The third kappa shape index (κ3) is 4.30. The molecule has 166 valence electrons. The zero-order valence-electron chi connectivity index (χ0n) is 18.5. The number of benzene rings is 2. The van der Waals surface area contributed by atoms with Crippen molar-refractivity contribution in [1.29, 1.82) is 0 Å². The molecule has 0 spiro atoms. The quantitative estimate of drug-likeness (QED) is 0.420. The van der Waals surface area contributed by atoms with Crippen molar-refractivity contribution >= 4 is 28.4 Å². The summed E-state index contributed by atoms with van der Waals surface area (Å²) in [4.78, 5) is 22.8. The van der Waals surface area contributed by atoms with Crippen LogP contribution in [0.2, 0.25) is 0 Å². The molecule has 0 bridgehead atoms. The van der Waals surface area contributed by atoms with Gasteiger partial charge in [0.05, 0.1) is 0 Å². The van der Waals surface area contributed by atoms with Gasteiger partial charge >= 0.3 is 5.97 Å². The fourth-order valence-electron chi connectivity index (χ4n) is 4.64. The van der Waals surface area contributed by atoms with E-state index in [4.69, 9.17) is 4.98 Å². The Hall–Kier alpha value is -3.77. The Balaban J connectivity index is 1.43. The maximum Gasteiger partial charge on any atom is 0.320 e. The lowest BCUT2D eigenvalue weighted by Crippen LogP contribution is -2.35. The molecule has 1 atom stereocenters. The Kier molecular flexibility index (Phi) is 5.75. The van der Waals surface area contributed by atoms with Crippen molar-refractivity contribution in [1.82, 2.24) is 14.9 Å². The van der Waals surface area contributed by atoms with Gasteiger partial charge in [-0.2, -0.15) is 0 Å². The van der Waals surface area contributed by atoms with E-state index in [9.17, 15) is 9.90 Å². The van der Waals surface area contributed by atoms with Crippen LogP contribution in [0.5, 0.6) is 0 Å². The molecular formula is C27H26N4O2. The average molecular weight is 439 g/mol. The molecule has 4 aromatic rings. The monoisotopic (exact) mass is 438 g/mol. The highest BCUT2D eigenvalue weighted by atomic mass is 16.4. The molecule has 3 heterocycles. The standard InChI is InChI=1S/C27H26N4O2/c1-18-22(20-7-3-2-4-8-20)9-5-10-23(18)30-26-25-21(12-13-28-26)15-19(16-29-25)17-31-14-6-11-24(31)27(32)33/h2-5,7-10,12-13,15-16,24H,6,11,14,17H2,1H3,(H,28,30)(H,32,33). The molecule has 2 aromatic carbocycles. The molecule has 2 N–H and O–H groups in total. The number of nitrogens with zero attached hydrogens (tertiary/aromatic N) is 3. The number of fused-ring (bicyclic) bond motifs is 1. The summed E-state index contributed by atoms with van der Waals surface area (Å²) in [6, 6.07) is 20.2. The minimum absolute atomic E-state index is 0.407. The van der Waals surface area contributed by atoms with Gasteiger partial charge in [-0.1, -0.05) is 42.5 Å². The number of hydrogen-bond acceptors (Lipinski definition) is 5. The van der Waals surface area contributed by atoms with E-state index < -0.39 is 12.0 Å². The Bertz CT molecular complexity index is 1310. The van der Waals surface area contributed by atoms with Crippen molar-refractivity contribution in [2.75, 3.05) is 11.9 Å². The molecule has 0 saturated carbocycles. The van der Waals surface area contributed by atoms with Crippen molar-refractivity contribution < 1.29 is 9.90 Å². The first-order chi connectivity index (χ1) is 16.1. The average Bonchev–Trinajstić information content (AvgIpc) is 3.29. The molecule has 1 aliphatic heterocycles. The van der Waals surface area contributed by atoms with E-state index in [2.05, 4.69) is 47.6 Å². The summed E-state index contributed by atoms with van der Waals surface area (Å²) in [5, 5.41) is 13.9. The van der Waals surface area contributed by atoms with Gasteiger partial charge in [-0.25, -0.2) is 4.98 Å². The topological polar surface area (TPSA) is 78.4 Å². The van der Waals surface area contributed by atoms with Crippen LogP contribution in [-0.2, 0) is 11.3 Å². The van der Waals surface area contributed by atoms with Gasteiger partial charge in [0.1, 0.15) is 11.6 Å². The molecule has 1 unspecified atom stereocenters. The molecular weight excluding hydrogens is 412 g/mol. The molecule has 2 aromatic heterocycles. The lowest BCUT2D eigenvalue weighted by atomic mass is 9.99. The van der Waals surface area contributed by atoms with Crippen molar-refractivity contribution in [2.24, 2.45) is 0 Å². The SMILES string of the molecule is Cc1c(Nc2nccc3cc(CN4CCCC4C(=O)O)cnc23)cccc1-c1ccccc1. The summed E-state index contributed by atoms with van der Waals surface area (Å²) in [7, 11) is 0. The zero-order valence-corrected chi connectivity index (χ0v) is 18.5. The van der Waals surface area contributed by atoms with Crippen molar-refractivity contribution in [3.05, 3.63) is 84.2 Å². The summed E-state index contributed by atoms with van der Waals surface area (Å²) in [5.41, 5.74) is 6.29. The van der Waals surface area contributed by atoms with Gasteiger partial charge in [0.25, 0.3) is 0 Å². The third-order valence-electron chi connectivity index (χ3n) is 6.36. The maximum atomic E-state index is 11.5. The molecule has 33 heavy (non-hydrogen) atoms. The summed E-state index contributed by atoms with van der Waals surface area (Å²) in [5.74, 6) is -0.0398. The number of aromatic nitrogens is 2. The summed E-state index contributed by atoms with van der Waals surface area (Å²) >= 11 is 0. The van der Waals surface area contributed by atoms with E-state index in [1.807, 2.05) is 41.4 Å². The largest absolute Gasteiger partial charge is 0.480 e. The lowest BCUT2D eigenvalue weighted by Gasteiger charge is -2.21. The number of aliphatic carboxylic acids is 1. The second kappa shape index (κ2) is 9.00. The fourth-order valence-corrected chi connectivity index (χ4v) is 4.64. The number of carboxylic acids is 1. The minimum Gasteiger partial charge on any atom is -0.480 e. The van der Waals surface area contributed by atoms with Crippen LogP contribution in [0.1, 0.15) is 24.0 Å². The second-order valence-corrected chi connectivity index (χ2v) is 8.51. The molecule has 6 nitrogen and oxygen atoms in total. The van der Waals surface area contributed by atoms with Crippen LogP contribution in [-0.4, -0.2) is 38.5 Å². The Morgan fingerprint density at radius 1 is 1.12 bits per heavy atom. The number of likely N-dealkylation sites (tertiary alicyclic amines) is 1. The first kappa shape index (κ1) is 21.1. The van der Waals surface area contributed by atoms with Crippen LogP contribution < -0.4 is 5.32 Å². The van der Waals surface area contributed by atoms with Crippen LogP contribution in [0.4, 0.5) is 11.5 Å². The molecule has 1 aliphatic rings. The molecule has 1 fully saturated rings. The lowest BCUT2D eigenvalue weighted by molar-refractivity contribution is -0.142. The van der Waals surface area contributed by atoms with E-state index in [0.29, 0.717) is 18.8 Å². The Morgan fingerprint density at radius 2 is 1.97 bits per heavy atom. The highest BCUT2D eigenvalue weighted by Gasteiger charge is 2.30. The van der Waals surface area contributed by atoms with Gasteiger partial charge in [0, 0.05) is 30.0 Å². The molecule has 0 radical (unpaired) electrons. The molecule has 0 amide bonds. The number of hydrogen-bond donors (Lipinski definition) is 2. The van der Waals surface area contributed by atoms with Crippen molar-refractivity contribution in [3.8, 4) is 11.1 Å². The van der Waals surface area contributed by atoms with Crippen LogP contribution in [0, 0.1) is 6.92 Å². The van der Waals surface area contributed by atoms with Crippen LogP contribution >= 0.6 is 0 Å². The normalized spacial score (nSPS) is 16.2. The van der Waals surface area contributed by atoms with Gasteiger partial charge < -0.3 is 10.4 Å². The maximum absolute atomic E-state index is 11.5. The van der Waals surface area contributed by atoms with E-state index >= 15 is 0 Å². The highest BCUT2D eigenvalue weighted by Crippen LogP contribution is 2.31. The van der Waals surface area contributed by atoms with Gasteiger partial charge in [0.2, 0.25) is 0 Å². The van der Waals surface area contributed by atoms with Gasteiger partial charge in [-0.3, -0.25) is 14.7 Å². The van der Waals surface area contributed by atoms with E-state index in [1.165, 1.54) is 11.1 Å². The molecule has 1 saturated heterocycles. The molecule has 5 rings (SSSR count). The predicted molar refractivity (Wildman–Crippen MR) is 131 cm³/mol. The first-order valence-electron chi connectivity index (χ1n) is 11.2. The Labute approximate surface area is 192 Å². The third-order valence-corrected chi connectivity index (χ3v) is 6.36. The molecule has 0 aliphatic carbocycles.